The Morgan fingerprint density at radius 2 is 0.857 bits per heavy atom. The number of fused-ring (bicyclic) bond motifs is 2. The van der Waals surface area contributed by atoms with E-state index in [0.29, 0.717) is 0 Å². The summed E-state index contributed by atoms with van der Waals surface area (Å²) in [6.07, 6.45) is 0. The summed E-state index contributed by atoms with van der Waals surface area (Å²) in [7, 11) is 0. The Balaban J connectivity index is 0.000000147. The Bertz CT molecular complexity index is 619. The molecule has 4 aromatic carbocycles. The molecular formula is C20H14Zn. The van der Waals surface area contributed by atoms with E-state index in [9.17, 15) is 0 Å². The van der Waals surface area contributed by atoms with Gasteiger partial charge in [-0.1, -0.05) is 24.3 Å². The molecule has 0 nitrogen and oxygen atoms in total. The normalized spacial score (nSPS) is 9.52. The minimum absolute atomic E-state index is 0. The van der Waals surface area contributed by atoms with Crippen molar-refractivity contribution >= 4 is 21.5 Å². The van der Waals surface area contributed by atoms with Gasteiger partial charge in [-0.2, -0.15) is 0 Å². The van der Waals surface area contributed by atoms with Crippen LogP contribution in [0.2, 0.25) is 0 Å². The maximum absolute atomic E-state index is 3.15. The third-order valence-electron chi connectivity index (χ3n) is 3.14. The third kappa shape index (κ3) is 4.00. The molecule has 0 bridgehead atoms. The van der Waals surface area contributed by atoms with Crippen molar-refractivity contribution < 1.29 is 19.5 Å². The van der Waals surface area contributed by atoms with Gasteiger partial charge >= 0.3 is 19.5 Å². The minimum atomic E-state index is 0. The number of benzene rings is 4. The first kappa shape index (κ1) is 15.4. The Morgan fingerprint density at radius 1 is 0.476 bits per heavy atom. The van der Waals surface area contributed by atoms with E-state index in [-0.39, 0.29) is 19.5 Å². The van der Waals surface area contributed by atoms with Crippen LogP contribution in [0, 0.1) is 12.1 Å². The molecule has 0 aliphatic carbocycles. The van der Waals surface area contributed by atoms with E-state index in [1.807, 2.05) is 48.5 Å². The van der Waals surface area contributed by atoms with Crippen LogP contribution in [0.4, 0.5) is 0 Å². The van der Waals surface area contributed by atoms with Crippen molar-refractivity contribution in [2.24, 2.45) is 0 Å². The summed E-state index contributed by atoms with van der Waals surface area (Å²) in [5, 5.41) is 4.88. The van der Waals surface area contributed by atoms with Gasteiger partial charge in [-0.05, 0) is 0 Å². The predicted molar refractivity (Wildman–Crippen MR) is 85.6 cm³/mol. The molecule has 4 aromatic rings. The Hall–Kier alpha value is -1.98. The maximum Gasteiger partial charge on any atom is 2.00 e. The average Bonchev–Trinajstić information content (AvgIpc) is 2.56. The fourth-order valence-corrected chi connectivity index (χ4v) is 2.13. The van der Waals surface area contributed by atoms with Crippen molar-refractivity contribution in [1.82, 2.24) is 0 Å². The average molecular weight is 320 g/mol. The summed E-state index contributed by atoms with van der Waals surface area (Å²) in [6, 6.07) is 34.8. The maximum atomic E-state index is 3.15. The van der Waals surface area contributed by atoms with Crippen molar-refractivity contribution in [3.63, 3.8) is 0 Å². The summed E-state index contributed by atoms with van der Waals surface area (Å²) in [5.41, 5.74) is 0. The molecule has 0 saturated heterocycles. The van der Waals surface area contributed by atoms with Gasteiger partial charge in [0, 0.05) is 0 Å². The zero-order chi connectivity index (χ0) is 13.6. The van der Waals surface area contributed by atoms with Crippen LogP contribution >= 0.6 is 0 Å². The molecule has 0 atom stereocenters. The van der Waals surface area contributed by atoms with Crippen molar-refractivity contribution in [3.05, 3.63) is 97.1 Å². The van der Waals surface area contributed by atoms with Gasteiger partial charge in [-0.25, -0.2) is 0 Å². The van der Waals surface area contributed by atoms with Crippen LogP contribution in [-0.2, 0) is 19.5 Å². The summed E-state index contributed by atoms with van der Waals surface area (Å²) in [4.78, 5) is 0. The van der Waals surface area contributed by atoms with Crippen LogP contribution in [0.25, 0.3) is 21.5 Å². The molecule has 0 aliphatic rings. The van der Waals surface area contributed by atoms with Crippen molar-refractivity contribution in [2.75, 3.05) is 0 Å². The van der Waals surface area contributed by atoms with Crippen molar-refractivity contribution in [1.29, 1.82) is 0 Å². The molecule has 0 fully saturated rings. The molecule has 96 valence electrons. The van der Waals surface area contributed by atoms with Gasteiger partial charge in [-0.15, -0.1) is 94.3 Å². The third-order valence-corrected chi connectivity index (χ3v) is 3.14. The van der Waals surface area contributed by atoms with Gasteiger partial charge in [0.15, 0.2) is 0 Å². The van der Waals surface area contributed by atoms with E-state index in [1.54, 1.807) is 0 Å². The summed E-state index contributed by atoms with van der Waals surface area (Å²) in [6.45, 7) is 0. The molecule has 21 heavy (non-hydrogen) atoms. The van der Waals surface area contributed by atoms with Crippen LogP contribution in [0.1, 0.15) is 0 Å². The second kappa shape index (κ2) is 7.71. The Labute approximate surface area is 138 Å². The van der Waals surface area contributed by atoms with Crippen LogP contribution in [0.5, 0.6) is 0 Å². The first-order valence-corrected chi connectivity index (χ1v) is 6.64. The number of rotatable bonds is 0. The Morgan fingerprint density at radius 3 is 1.29 bits per heavy atom. The van der Waals surface area contributed by atoms with Crippen LogP contribution < -0.4 is 0 Å². The zero-order valence-corrected chi connectivity index (χ0v) is 14.8. The van der Waals surface area contributed by atoms with E-state index >= 15 is 0 Å². The van der Waals surface area contributed by atoms with E-state index in [1.165, 1.54) is 21.5 Å². The molecule has 0 unspecified atom stereocenters. The second-order valence-electron chi connectivity index (χ2n) is 4.51. The van der Waals surface area contributed by atoms with E-state index < -0.39 is 0 Å². The molecular weight excluding hydrogens is 306 g/mol. The standard InChI is InChI=1S/2C10H7.Zn/c2*1-2-6-10-8-4-3-7-9(10)5-1;/h2*1-7H;/q2*-1;+2. The summed E-state index contributed by atoms with van der Waals surface area (Å²) in [5.74, 6) is 0. The molecule has 4 rings (SSSR count). The summed E-state index contributed by atoms with van der Waals surface area (Å²) < 4.78 is 0. The van der Waals surface area contributed by atoms with Crippen molar-refractivity contribution in [2.45, 2.75) is 0 Å². The molecule has 0 aliphatic heterocycles. The minimum Gasteiger partial charge on any atom is -0.147 e. The smallest absolute Gasteiger partial charge is 0.147 e. The van der Waals surface area contributed by atoms with E-state index in [4.69, 9.17) is 0 Å². The first-order chi connectivity index (χ1) is 9.93. The van der Waals surface area contributed by atoms with Gasteiger partial charge in [0.1, 0.15) is 0 Å². The second-order valence-corrected chi connectivity index (χ2v) is 4.51. The van der Waals surface area contributed by atoms with Gasteiger partial charge in [0.05, 0.1) is 0 Å². The van der Waals surface area contributed by atoms with Crippen LogP contribution in [0.15, 0.2) is 84.9 Å². The first-order valence-electron chi connectivity index (χ1n) is 6.64. The molecule has 0 N–H and O–H groups in total. The molecule has 0 amide bonds. The van der Waals surface area contributed by atoms with Gasteiger partial charge < -0.3 is 0 Å². The van der Waals surface area contributed by atoms with Gasteiger partial charge in [-0.3, -0.25) is 0 Å². The fraction of sp³-hybridized carbons (Fsp3) is 0. The largest absolute Gasteiger partial charge is 2.00 e. The van der Waals surface area contributed by atoms with Crippen LogP contribution in [0.3, 0.4) is 0 Å². The molecule has 0 spiro atoms. The predicted octanol–water partition coefficient (Wildman–Crippen LogP) is 5.28. The molecule has 0 heterocycles. The van der Waals surface area contributed by atoms with Gasteiger partial charge in [0.25, 0.3) is 0 Å². The molecule has 0 saturated carbocycles. The van der Waals surface area contributed by atoms with Crippen molar-refractivity contribution in [3.8, 4) is 0 Å². The van der Waals surface area contributed by atoms with Gasteiger partial charge in [0.2, 0.25) is 0 Å². The Kier molecular flexibility index (Phi) is 5.66. The topological polar surface area (TPSA) is 0 Å². The van der Waals surface area contributed by atoms with Crippen LogP contribution in [-0.4, -0.2) is 0 Å². The molecule has 0 radical (unpaired) electrons. The summed E-state index contributed by atoms with van der Waals surface area (Å²) >= 11 is 0. The van der Waals surface area contributed by atoms with E-state index in [2.05, 4.69) is 48.5 Å². The quantitative estimate of drug-likeness (QED) is 0.306. The SMILES string of the molecule is [Zn+2].[c-]1cccc2ccccc12.[c-]1cccc2ccccc12. The number of hydrogen-bond donors (Lipinski definition) is 0. The monoisotopic (exact) mass is 318 g/mol. The fourth-order valence-electron chi connectivity index (χ4n) is 2.13. The molecule has 1 heteroatoms. The zero-order valence-electron chi connectivity index (χ0n) is 11.8. The molecule has 0 aromatic heterocycles. The van der Waals surface area contributed by atoms with E-state index in [0.717, 1.165) is 0 Å². The number of hydrogen-bond acceptors (Lipinski definition) is 0.